The van der Waals surface area contributed by atoms with Crippen molar-refractivity contribution in [1.29, 1.82) is 0 Å². The van der Waals surface area contributed by atoms with E-state index in [1.807, 2.05) is 23.9 Å². The summed E-state index contributed by atoms with van der Waals surface area (Å²) in [7, 11) is 5.87. The lowest BCUT2D eigenvalue weighted by Gasteiger charge is -2.24. The Morgan fingerprint density at radius 2 is 2.04 bits per heavy atom. The number of nitrogens with zero attached hydrogens (tertiary/aromatic N) is 2. The van der Waals surface area contributed by atoms with E-state index in [9.17, 15) is 0 Å². The van der Waals surface area contributed by atoms with Crippen molar-refractivity contribution >= 4 is 41.7 Å². The van der Waals surface area contributed by atoms with Gasteiger partial charge in [0.1, 0.15) is 5.75 Å². The summed E-state index contributed by atoms with van der Waals surface area (Å²) in [6.07, 6.45) is 4.55. The predicted molar refractivity (Wildman–Crippen MR) is 126 cm³/mol. The molecule has 0 saturated carbocycles. The van der Waals surface area contributed by atoms with Gasteiger partial charge in [0.25, 0.3) is 0 Å². The van der Waals surface area contributed by atoms with Gasteiger partial charge in [-0.1, -0.05) is 12.1 Å². The summed E-state index contributed by atoms with van der Waals surface area (Å²) in [5.41, 5.74) is 1.21. The van der Waals surface area contributed by atoms with Crippen molar-refractivity contribution in [3.05, 3.63) is 29.8 Å². The van der Waals surface area contributed by atoms with Crippen LogP contribution in [0, 0.1) is 0 Å². The molecule has 150 valence electrons. The molecule has 0 aliphatic carbocycles. The Bertz CT molecular complexity index is 514. The van der Waals surface area contributed by atoms with Crippen LogP contribution in [0.1, 0.15) is 31.4 Å². The molecule has 0 aromatic heterocycles. The van der Waals surface area contributed by atoms with Crippen molar-refractivity contribution in [2.45, 2.75) is 25.8 Å². The molecule has 7 heteroatoms. The fourth-order valence-electron chi connectivity index (χ4n) is 2.51. The second kappa shape index (κ2) is 15.4. The van der Waals surface area contributed by atoms with Crippen LogP contribution in [0.2, 0.25) is 0 Å². The first-order chi connectivity index (χ1) is 12.1. The van der Waals surface area contributed by atoms with Gasteiger partial charge in [-0.25, -0.2) is 0 Å². The van der Waals surface area contributed by atoms with Crippen LogP contribution < -0.4 is 15.4 Å². The molecule has 0 aliphatic heterocycles. The number of unbranched alkanes of at least 4 members (excludes halogenated alkanes) is 1. The summed E-state index contributed by atoms with van der Waals surface area (Å²) >= 11 is 1.90. The maximum atomic E-state index is 5.35. The lowest BCUT2D eigenvalue weighted by atomic mass is 10.1. The van der Waals surface area contributed by atoms with Gasteiger partial charge in [0.05, 0.1) is 19.7 Å². The molecule has 2 N–H and O–H groups in total. The molecule has 0 radical (unpaired) electrons. The van der Waals surface area contributed by atoms with E-state index in [1.54, 1.807) is 7.11 Å². The predicted octanol–water partition coefficient (Wildman–Crippen LogP) is 3.61. The first-order valence-electron chi connectivity index (χ1n) is 8.93. The van der Waals surface area contributed by atoms with Gasteiger partial charge < -0.3 is 20.3 Å². The van der Waals surface area contributed by atoms with E-state index < -0.39 is 0 Å². The summed E-state index contributed by atoms with van der Waals surface area (Å²) in [6.45, 7) is 4.61. The standard InChI is InChI=1S/C19H34N4OS.HI/c1-6-20-19(21-12-7-8-13-25-5)22-15-18(23(2)3)16-10-9-11-17(14-16)24-4;/h9-11,14,18H,6-8,12-13,15H2,1-5H3,(H2,20,21,22);1H. The molecule has 0 amide bonds. The zero-order valence-corrected chi connectivity index (χ0v) is 19.9. The van der Waals surface area contributed by atoms with E-state index in [-0.39, 0.29) is 30.0 Å². The Balaban J connectivity index is 0.00000625. The fourth-order valence-corrected chi connectivity index (χ4v) is 3.01. The summed E-state index contributed by atoms with van der Waals surface area (Å²) in [4.78, 5) is 6.99. The minimum Gasteiger partial charge on any atom is -0.497 e. The second-order valence-electron chi connectivity index (χ2n) is 6.10. The van der Waals surface area contributed by atoms with Gasteiger partial charge in [0, 0.05) is 13.1 Å². The van der Waals surface area contributed by atoms with Crippen LogP contribution in [-0.2, 0) is 0 Å². The molecular formula is C19H35IN4OS. The van der Waals surface area contributed by atoms with Crippen molar-refractivity contribution in [2.24, 2.45) is 4.99 Å². The minimum absolute atomic E-state index is 0. The van der Waals surface area contributed by atoms with Crippen LogP contribution in [0.15, 0.2) is 29.3 Å². The van der Waals surface area contributed by atoms with Gasteiger partial charge in [-0.05, 0) is 63.6 Å². The summed E-state index contributed by atoms with van der Waals surface area (Å²) in [5.74, 6) is 2.99. The second-order valence-corrected chi connectivity index (χ2v) is 7.09. The first kappa shape index (κ1) is 25.3. The molecule has 1 atom stereocenters. The average molecular weight is 494 g/mol. The van der Waals surface area contributed by atoms with E-state index in [0.29, 0.717) is 6.54 Å². The number of rotatable bonds is 11. The SMILES string of the molecule is CCNC(=NCC(c1cccc(OC)c1)N(C)C)NCCCCSC.I. The average Bonchev–Trinajstić information content (AvgIpc) is 2.61. The minimum atomic E-state index is 0. The Labute approximate surface area is 180 Å². The normalized spacial score (nSPS) is 12.5. The maximum Gasteiger partial charge on any atom is 0.191 e. The van der Waals surface area contributed by atoms with Gasteiger partial charge in [-0.15, -0.1) is 24.0 Å². The Hall–Kier alpha value is -0.670. The monoisotopic (exact) mass is 494 g/mol. The zero-order chi connectivity index (χ0) is 18.5. The van der Waals surface area contributed by atoms with Crippen LogP contribution in [0.4, 0.5) is 0 Å². The van der Waals surface area contributed by atoms with E-state index >= 15 is 0 Å². The topological polar surface area (TPSA) is 48.9 Å². The molecule has 26 heavy (non-hydrogen) atoms. The number of guanidine groups is 1. The number of hydrogen-bond donors (Lipinski definition) is 2. The van der Waals surface area contributed by atoms with Crippen LogP contribution >= 0.6 is 35.7 Å². The number of aliphatic imine (C=N–C) groups is 1. The van der Waals surface area contributed by atoms with E-state index in [2.05, 4.69) is 54.9 Å². The molecule has 1 unspecified atom stereocenters. The Morgan fingerprint density at radius 3 is 2.65 bits per heavy atom. The Kier molecular flexibility index (Phi) is 15.0. The van der Waals surface area contributed by atoms with Crippen LogP contribution in [0.25, 0.3) is 0 Å². The largest absolute Gasteiger partial charge is 0.497 e. The number of methoxy groups -OCH3 is 1. The highest BCUT2D eigenvalue weighted by molar-refractivity contribution is 14.0. The molecule has 1 aromatic rings. The van der Waals surface area contributed by atoms with E-state index in [4.69, 9.17) is 9.73 Å². The third kappa shape index (κ3) is 9.87. The summed E-state index contributed by atoms with van der Waals surface area (Å²) in [6, 6.07) is 8.43. The number of ether oxygens (including phenoxy) is 1. The van der Waals surface area contributed by atoms with Gasteiger partial charge in [-0.2, -0.15) is 11.8 Å². The summed E-state index contributed by atoms with van der Waals surface area (Å²) in [5, 5.41) is 6.77. The first-order valence-corrected chi connectivity index (χ1v) is 10.3. The highest BCUT2D eigenvalue weighted by Gasteiger charge is 2.14. The number of halogens is 1. The highest BCUT2D eigenvalue weighted by atomic mass is 127. The number of benzene rings is 1. The molecule has 0 heterocycles. The molecule has 0 fully saturated rings. The lowest BCUT2D eigenvalue weighted by molar-refractivity contribution is 0.305. The van der Waals surface area contributed by atoms with E-state index in [1.165, 1.54) is 17.7 Å². The summed E-state index contributed by atoms with van der Waals surface area (Å²) < 4.78 is 5.35. The van der Waals surface area contributed by atoms with Gasteiger partial charge in [-0.3, -0.25) is 4.99 Å². The van der Waals surface area contributed by atoms with Gasteiger partial charge in [0.2, 0.25) is 0 Å². The fraction of sp³-hybridized carbons (Fsp3) is 0.632. The molecule has 0 aliphatic rings. The van der Waals surface area contributed by atoms with Gasteiger partial charge in [0.15, 0.2) is 5.96 Å². The number of nitrogens with one attached hydrogen (secondary N) is 2. The molecule has 0 spiro atoms. The number of thioether (sulfide) groups is 1. The molecule has 0 bridgehead atoms. The van der Waals surface area contributed by atoms with Crippen LogP contribution in [0.3, 0.4) is 0 Å². The molecular weight excluding hydrogens is 459 g/mol. The van der Waals surface area contributed by atoms with Gasteiger partial charge >= 0.3 is 0 Å². The smallest absolute Gasteiger partial charge is 0.191 e. The quantitative estimate of drug-likeness (QED) is 0.213. The van der Waals surface area contributed by atoms with Crippen molar-refractivity contribution in [3.63, 3.8) is 0 Å². The third-order valence-corrected chi connectivity index (χ3v) is 4.63. The molecule has 5 nitrogen and oxygen atoms in total. The molecule has 0 saturated heterocycles. The van der Waals surface area contributed by atoms with Crippen molar-refractivity contribution in [1.82, 2.24) is 15.5 Å². The highest BCUT2D eigenvalue weighted by Crippen LogP contribution is 2.22. The molecule has 1 rings (SSSR count). The van der Waals surface area contributed by atoms with Crippen molar-refractivity contribution in [3.8, 4) is 5.75 Å². The number of hydrogen-bond acceptors (Lipinski definition) is 4. The third-order valence-electron chi connectivity index (χ3n) is 3.94. The van der Waals surface area contributed by atoms with Crippen molar-refractivity contribution < 1.29 is 4.74 Å². The van der Waals surface area contributed by atoms with E-state index in [0.717, 1.165) is 31.2 Å². The van der Waals surface area contributed by atoms with Crippen LogP contribution in [0.5, 0.6) is 5.75 Å². The van der Waals surface area contributed by atoms with Crippen LogP contribution in [-0.4, -0.2) is 63.7 Å². The maximum absolute atomic E-state index is 5.35. The lowest BCUT2D eigenvalue weighted by Crippen LogP contribution is -2.38. The number of likely N-dealkylation sites (N-methyl/N-ethyl adjacent to an activating group) is 1. The Morgan fingerprint density at radius 1 is 1.27 bits per heavy atom. The zero-order valence-electron chi connectivity index (χ0n) is 16.7. The molecule has 1 aromatic carbocycles. The van der Waals surface area contributed by atoms with Crippen molar-refractivity contribution in [2.75, 3.05) is 52.8 Å².